The Kier molecular flexibility index (Phi) is 9.31. The molecule has 13 heteroatoms. The highest BCUT2D eigenvalue weighted by Gasteiger charge is 2.81. The molecule has 0 unspecified atom stereocenters. The van der Waals surface area contributed by atoms with Gasteiger partial charge in [-0.25, -0.2) is 4.79 Å². The fourth-order valence-corrected chi connectivity index (χ4v) is 10.1. The van der Waals surface area contributed by atoms with E-state index in [9.17, 15) is 24.3 Å². The number of hydrogen-bond acceptors (Lipinski definition) is 13. The van der Waals surface area contributed by atoms with Gasteiger partial charge in [0.1, 0.15) is 42.7 Å². The molecule has 0 spiro atoms. The molecular formula is C39H52O13. The van der Waals surface area contributed by atoms with Crippen LogP contribution in [0, 0.1) is 16.7 Å². The van der Waals surface area contributed by atoms with Gasteiger partial charge in [-0.15, -0.1) is 0 Å². The van der Waals surface area contributed by atoms with Crippen molar-refractivity contribution in [1.82, 2.24) is 0 Å². The SMILES string of the molecule is CC(=O)OC[C@]12OC(C)(C)O[C@@H]1C[C@H](OC(C)=O)[C@]1(C)[C@@H]2[C@H](OC(=O)c2ccccc2)[C@]2(C(C)(C)O)C[C@H](OC(C)=O)C(C)=C2[C@H]2OC(C)(C)O[C@@H]21. The lowest BCUT2D eigenvalue weighted by molar-refractivity contribution is -0.279. The second kappa shape index (κ2) is 12.6. The quantitative estimate of drug-likeness (QED) is 0.236. The Balaban J connectivity index is 1.75. The highest BCUT2D eigenvalue weighted by molar-refractivity contribution is 5.89. The van der Waals surface area contributed by atoms with Gasteiger partial charge in [0.2, 0.25) is 0 Å². The summed E-state index contributed by atoms with van der Waals surface area (Å²) in [6.07, 6.45) is -5.76. The Morgan fingerprint density at radius 1 is 0.865 bits per heavy atom. The Morgan fingerprint density at radius 3 is 2.08 bits per heavy atom. The molecule has 10 atom stereocenters. The van der Waals surface area contributed by atoms with Gasteiger partial charge in [-0.3, -0.25) is 14.4 Å². The van der Waals surface area contributed by atoms with E-state index < -0.39 is 100 Å². The molecule has 5 aliphatic rings. The van der Waals surface area contributed by atoms with Crippen LogP contribution in [-0.4, -0.2) is 95.0 Å². The smallest absolute Gasteiger partial charge is 0.338 e. The number of carbonyl (C=O) groups excluding carboxylic acids is 4. The monoisotopic (exact) mass is 728 g/mol. The Morgan fingerprint density at radius 2 is 1.50 bits per heavy atom. The number of carbonyl (C=O) groups is 4. The number of fused-ring (bicyclic) bond motifs is 7. The van der Waals surface area contributed by atoms with Gasteiger partial charge in [0.25, 0.3) is 0 Å². The van der Waals surface area contributed by atoms with E-state index in [4.69, 9.17) is 37.9 Å². The maximum absolute atomic E-state index is 14.5. The van der Waals surface area contributed by atoms with E-state index in [1.807, 2.05) is 13.8 Å². The highest BCUT2D eigenvalue weighted by Crippen LogP contribution is 2.70. The van der Waals surface area contributed by atoms with Crippen LogP contribution < -0.4 is 0 Å². The number of aliphatic hydroxyl groups is 1. The molecule has 286 valence electrons. The van der Waals surface area contributed by atoms with E-state index in [-0.39, 0.29) is 25.0 Å². The first-order chi connectivity index (χ1) is 24.0. The maximum atomic E-state index is 14.5. The van der Waals surface area contributed by atoms with Crippen molar-refractivity contribution < 1.29 is 62.2 Å². The van der Waals surface area contributed by atoms with Gasteiger partial charge in [0, 0.05) is 44.9 Å². The molecule has 2 saturated heterocycles. The average molecular weight is 729 g/mol. The van der Waals surface area contributed by atoms with Gasteiger partial charge in [0.15, 0.2) is 11.6 Å². The Hall–Kier alpha value is -3.36. The number of benzene rings is 1. The number of rotatable bonds is 7. The lowest BCUT2D eigenvalue weighted by Gasteiger charge is -2.60. The number of ether oxygens (including phenoxy) is 8. The molecule has 6 rings (SSSR count). The van der Waals surface area contributed by atoms with Crippen molar-refractivity contribution in [2.24, 2.45) is 16.7 Å². The van der Waals surface area contributed by atoms with Crippen LogP contribution in [0.15, 0.2) is 41.5 Å². The topological polar surface area (TPSA) is 162 Å². The van der Waals surface area contributed by atoms with Crippen LogP contribution in [-0.2, 0) is 52.3 Å². The molecule has 2 aliphatic heterocycles. The molecule has 2 heterocycles. The van der Waals surface area contributed by atoms with Gasteiger partial charge in [-0.1, -0.05) is 25.1 Å². The fraction of sp³-hybridized carbons (Fsp3) is 0.692. The van der Waals surface area contributed by atoms with E-state index in [2.05, 4.69) is 0 Å². The molecule has 0 aromatic heterocycles. The van der Waals surface area contributed by atoms with E-state index in [1.54, 1.807) is 71.9 Å². The number of esters is 4. The van der Waals surface area contributed by atoms with Crippen LogP contribution in [0.3, 0.4) is 0 Å². The lowest BCUT2D eigenvalue weighted by atomic mass is 9.50. The molecule has 0 amide bonds. The van der Waals surface area contributed by atoms with Crippen LogP contribution in [0.5, 0.6) is 0 Å². The zero-order chi connectivity index (χ0) is 38.4. The van der Waals surface area contributed by atoms with Crippen molar-refractivity contribution in [3.05, 3.63) is 47.0 Å². The molecule has 3 aliphatic carbocycles. The zero-order valence-electron chi connectivity index (χ0n) is 31.9. The number of hydrogen-bond donors (Lipinski definition) is 1. The van der Waals surface area contributed by atoms with E-state index >= 15 is 0 Å². The summed E-state index contributed by atoms with van der Waals surface area (Å²) in [5, 5.41) is 12.7. The third-order valence-corrected chi connectivity index (χ3v) is 11.9. The molecule has 0 bridgehead atoms. The molecule has 13 nitrogen and oxygen atoms in total. The van der Waals surface area contributed by atoms with Crippen molar-refractivity contribution >= 4 is 23.9 Å². The summed E-state index contributed by atoms with van der Waals surface area (Å²) >= 11 is 0. The largest absolute Gasteiger partial charge is 0.463 e. The van der Waals surface area contributed by atoms with Crippen LogP contribution in [0.25, 0.3) is 0 Å². The minimum atomic E-state index is -1.71. The molecule has 1 N–H and O–H groups in total. The van der Waals surface area contributed by atoms with Crippen LogP contribution in [0.1, 0.15) is 99.4 Å². The fourth-order valence-electron chi connectivity index (χ4n) is 10.1. The Bertz CT molecular complexity index is 1660. The second-order valence-electron chi connectivity index (χ2n) is 16.6. The van der Waals surface area contributed by atoms with Gasteiger partial charge in [0.05, 0.1) is 22.7 Å². The molecule has 1 aromatic rings. The minimum absolute atomic E-state index is 0.0135. The van der Waals surface area contributed by atoms with Crippen molar-refractivity contribution in [2.45, 2.75) is 148 Å². The normalized spacial score (nSPS) is 38.6. The van der Waals surface area contributed by atoms with Crippen molar-refractivity contribution in [3.63, 3.8) is 0 Å². The van der Waals surface area contributed by atoms with Crippen molar-refractivity contribution in [3.8, 4) is 0 Å². The summed E-state index contributed by atoms with van der Waals surface area (Å²) < 4.78 is 52.0. The highest BCUT2D eigenvalue weighted by atomic mass is 16.8. The maximum Gasteiger partial charge on any atom is 0.338 e. The second-order valence-corrected chi connectivity index (χ2v) is 16.6. The van der Waals surface area contributed by atoms with E-state index in [0.717, 1.165) is 0 Å². The summed E-state index contributed by atoms with van der Waals surface area (Å²) in [5.74, 6) is -5.92. The molecule has 2 saturated carbocycles. The summed E-state index contributed by atoms with van der Waals surface area (Å²) in [4.78, 5) is 52.7. The first-order valence-electron chi connectivity index (χ1n) is 17.9. The Labute approximate surface area is 304 Å². The minimum Gasteiger partial charge on any atom is -0.463 e. The zero-order valence-corrected chi connectivity index (χ0v) is 31.9. The van der Waals surface area contributed by atoms with Gasteiger partial charge < -0.3 is 43.0 Å². The van der Waals surface area contributed by atoms with Crippen molar-refractivity contribution in [1.29, 1.82) is 0 Å². The van der Waals surface area contributed by atoms with Crippen LogP contribution >= 0.6 is 0 Å². The third-order valence-electron chi connectivity index (χ3n) is 11.9. The van der Waals surface area contributed by atoms with Crippen LogP contribution in [0.4, 0.5) is 0 Å². The average Bonchev–Trinajstić information content (AvgIpc) is 3.58. The van der Waals surface area contributed by atoms with Gasteiger partial charge in [-0.2, -0.15) is 0 Å². The summed E-state index contributed by atoms with van der Waals surface area (Å²) in [6, 6.07) is 8.43. The molecular weight excluding hydrogens is 676 g/mol. The van der Waals surface area contributed by atoms with E-state index in [0.29, 0.717) is 11.1 Å². The van der Waals surface area contributed by atoms with Crippen LogP contribution in [0.2, 0.25) is 0 Å². The standard InChI is InChI=1S/C39H52O13/c1-20-25(46-22(3)41)18-38(34(5,6)44)28(20)29-31(51-35(7,8)50-29)37(11)26(47-23(4)42)17-27-39(19-45-21(2)40,52-36(9,10)49-27)30(37)32(38)48-33(43)24-15-13-12-14-16-24/h12-16,25-27,29-32,44H,17-19H2,1-11H3/t25-,26-,27+,29+,30-,31-,32-,37+,38-,39-/m0/s1. The van der Waals surface area contributed by atoms with E-state index in [1.165, 1.54) is 20.8 Å². The third kappa shape index (κ3) is 5.96. The molecule has 4 fully saturated rings. The molecule has 52 heavy (non-hydrogen) atoms. The molecule has 0 radical (unpaired) electrons. The van der Waals surface area contributed by atoms with Gasteiger partial charge in [-0.05, 0) is 71.7 Å². The predicted molar refractivity (Wildman–Crippen MR) is 182 cm³/mol. The first-order valence-corrected chi connectivity index (χ1v) is 17.9. The summed E-state index contributed by atoms with van der Waals surface area (Å²) in [5.41, 5.74) is -4.78. The summed E-state index contributed by atoms with van der Waals surface area (Å²) in [7, 11) is 0. The van der Waals surface area contributed by atoms with Crippen molar-refractivity contribution in [2.75, 3.05) is 6.61 Å². The summed E-state index contributed by atoms with van der Waals surface area (Å²) in [6.45, 7) is 17.5. The predicted octanol–water partition coefficient (Wildman–Crippen LogP) is 4.57. The molecule has 1 aromatic carbocycles. The first kappa shape index (κ1) is 38.4. The van der Waals surface area contributed by atoms with Gasteiger partial charge >= 0.3 is 23.9 Å². The lowest BCUT2D eigenvalue weighted by Crippen LogP contribution is -2.73.